The number of nitrogens with zero attached hydrogens (tertiary/aromatic N) is 1. The van der Waals surface area contributed by atoms with Crippen LogP contribution < -0.4 is 5.32 Å². The monoisotopic (exact) mass is 347 g/mol. The molecule has 0 aliphatic heterocycles. The first-order valence-electron chi connectivity index (χ1n) is 7.56. The predicted octanol–water partition coefficient (Wildman–Crippen LogP) is 2.02. The van der Waals surface area contributed by atoms with Gasteiger partial charge >= 0.3 is 5.97 Å². The van der Waals surface area contributed by atoms with E-state index in [1.54, 1.807) is 0 Å². The summed E-state index contributed by atoms with van der Waals surface area (Å²) in [5.41, 5.74) is 2.85. The van der Waals surface area contributed by atoms with Crippen LogP contribution in [0.2, 0.25) is 0 Å². The van der Waals surface area contributed by atoms with Crippen molar-refractivity contribution in [1.29, 1.82) is 0 Å². The van der Waals surface area contributed by atoms with Crippen LogP contribution in [-0.4, -0.2) is 40.7 Å². The first-order chi connectivity index (χ1) is 11.5. The third-order valence-corrected chi connectivity index (χ3v) is 4.42. The van der Waals surface area contributed by atoms with E-state index in [9.17, 15) is 9.59 Å². The van der Waals surface area contributed by atoms with Crippen molar-refractivity contribution in [1.82, 2.24) is 15.3 Å². The average molecular weight is 347 g/mol. The molecule has 0 saturated heterocycles. The number of methoxy groups -OCH3 is 1. The summed E-state index contributed by atoms with van der Waals surface area (Å²) >= 11 is 1.30. The second-order valence-electron chi connectivity index (χ2n) is 5.37. The van der Waals surface area contributed by atoms with Crippen LogP contribution >= 0.6 is 11.8 Å². The Morgan fingerprint density at radius 1 is 1.29 bits per heavy atom. The van der Waals surface area contributed by atoms with E-state index in [2.05, 4.69) is 15.3 Å². The average Bonchev–Trinajstić information content (AvgIpc) is 2.91. The summed E-state index contributed by atoms with van der Waals surface area (Å²) < 4.78 is 4.79. The van der Waals surface area contributed by atoms with E-state index in [0.717, 1.165) is 17.0 Å². The summed E-state index contributed by atoms with van der Waals surface area (Å²) in [7, 11) is 1.32. The van der Waals surface area contributed by atoms with Crippen LogP contribution in [0.3, 0.4) is 0 Å². The molecule has 0 aliphatic carbocycles. The summed E-state index contributed by atoms with van der Waals surface area (Å²) in [5, 5.41) is 3.42. The fraction of sp³-hybridized carbons (Fsp3) is 0.353. The summed E-state index contributed by atoms with van der Waals surface area (Å²) in [6.45, 7) is 3.84. The Balaban J connectivity index is 1.93. The number of benzene rings is 1. The van der Waals surface area contributed by atoms with Gasteiger partial charge in [-0.1, -0.05) is 42.1 Å². The number of amides is 1. The highest BCUT2D eigenvalue weighted by Gasteiger charge is 2.22. The van der Waals surface area contributed by atoms with E-state index in [1.165, 1.54) is 18.9 Å². The van der Waals surface area contributed by atoms with E-state index in [-0.39, 0.29) is 11.7 Å². The van der Waals surface area contributed by atoms with Crippen molar-refractivity contribution in [3.63, 3.8) is 0 Å². The van der Waals surface area contributed by atoms with Gasteiger partial charge in [-0.25, -0.2) is 9.78 Å². The van der Waals surface area contributed by atoms with Gasteiger partial charge in [-0.15, -0.1) is 0 Å². The Kier molecular flexibility index (Phi) is 6.43. The minimum Gasteiger partial charge on any atom is -0.467 e. The number of aromatic nitrogens is 2. The molecular weight excluding hydrogens is 326 g/mol. The molecule has 1 amide bonds. The minimum atomic E-state index is -0.703. The molecule has 2 aromatic rings. The van der Waals surface area contributed by atoms with Crippen LogP contribution in [0.25, 0.3) is 0 Å². The van der Waals surface area contributed by atoms with Crippen LogP contribution in [0.1, 0.15) is 17.0 Å². The van der Waals surface area contributed by atoms with Crippen molar-refractivity contribution < 1.29 is 14.3 Å². The van der Waals surface area contributed by atoms with Crippen LogP contribution in [0, 0.1) is 13.8 Å². The molecular formula is C17H21N3O3S. The second-order valence-corrected chi connectivity index (χ2v) is 6.34. The van der Waals surface area contributed by atoms with E-state index in [4.69, 9.17) is 4.74 Å². The maximum Gasteiger partial charge on any atom is 0.328 e. The minimum absolute atomic E-state index is 0.175. The Morgan fingerprint density at radius 3 is 2.58 bits per heavy atom. The zero-order valence-corrected chi connectivity index (χ0v) is 14.8. The Bertz CT molecular complexity index is 681. The molecule has 2 N–H and O–H groups in total. The van der Waals surface area contributed by atoms with Crippen LogP contribution in [-0.2, 0) is 20.7 Å². The van der Waals surface area contributed by atoms with Gasteiger partial charge in [0.15, 0.2) is 5.16 Å². The molecule has 128 valence electrons. The number of esters is 1. The molecule has 7 heteroatoms. The third kappa shape index (κ3) is 5.13. The number of nitrogens with one attached hydrogen (secondary N) is 2. The van der Waals surface area contributed by atoms with Gasteiger partial charge in [-0.3, -0.25) is 4.79 Å². The molecule has 24 heavy (non-hydrogen) atoms. The molecule has 0 unspecified atom stereocenters. The number of ether oxygens (including phenoxy) is 1. The van der Waals surface area contributed by atoms with Crippen molar-refractivity contribution in [2.24, 2.45) is 0 Å². The molecule has 0 spiro atoms. The SMILES string of the molecule is COC(=O)[C@@H](Cc1ccccc1)NC(=O)CSc1nc(C)c(C)[nH]1. The van der Waals surface area contributed by atoms with Gasteiger partial charge in [0.1, 0.15) is 6.04 Å². The van der Waals surface area contributed by atoms with E-state index >= 15 is 0 Å². The largest absolute Gasteiger partial charge is 0.467 e. The lowest BCUT2D eigenvalue weighted by Crippen LogP contribution is -2.43. The predicted molar refractivity (Wildman–Crippen MR) is 92.9 cm³/mol. The highest BCUT2D eigenvalue weighted by Crippen LogP contribution is 2.16. The summed E-state index contributed by atoms with van der Waals surface area (Å²) in [5.74, 6) is -0.519. The standard InChI is InChI=1S/C17H21N3O3S/c1-11-12(2)19-17(18-11)24-10-15(21)20-14(16(22)23-3)9-13-7-5-4-6-8-13/h4-8,14H,9-10H2,1-3H3,(H,18,19)(H,20,21)/t14-/m1/s1. The molecule has 0 aliphatic rings. The fourth-order valence-corrected chi connectivity index (χ4v) is 2.92. The number of hydrogen-bond donors (Lipinski definition) is 2. The topological polar surface area (TPSA) is 84.1 Å². The Hall–Kier alpha value is -2.28. The quantitative estimate of drug-likeness (QED) is 0.591. The zero-order chi connectivity index (χ0) is 17.5. The molecule has 1 heterocycles. The fourth-order valence-electron chi connectivity index (χ4n) is 2.14. The summed E-state index contributed by atoms with van der Waals surface area (Å²) in [6, 6.07) is 8.80. The molecule has 0 radical (unpaired) electrons. The van der Waals surface area contributed by atoms with Crippen molar-refractivity contribution in [3.05, 3.63) is 47.3 Å². The second kappa shape index (κ2) is 8.54. The molecule has 0 saturated carbocycles. The number of thioether (sulfide) groups is 1. The lowest BCUT2D eigenvalue weighted by atomic mass is 10.1. The van der Waals surface area contributed by atoms with E-state index in [1.807, 2.05) is 44.2 Å². The van der Waals surface area contributed by atoms with Crippen LogP contribution in [0.15, 0.2) is 35.5 Å². The lowest BCUT2D eigenvalue weighted by Gasteiger charge is -2.16. The highest BCUT2D eigenvalue weighted by molar-refractivity contribution is 7.99. The first-order valence-corrected chi connectivity index (χ1v) is 8.55. The van der Waals surface area contributed by atoms with Gasteiger partial charge in [0.05, 0.1) is 18.6 Å². The van der Waals surface area contributed by atoms with Gasteiger partial charge in [-0.2, -0.15) is 0 Å². The van der Waals surface area contributed by atoms with Crippen molar-refractivity contribution in [2.75, 3.05) is 12.9 Å². The first kappa shape index (κ1) is 18.1. The third-order valence-electron chi connectivity index (χ3n) is 3.55. The number of aryl methyl sites for hydroxylation is 2. The normalized spacial score (nSPS) is 11.8. The van der Waals surface area contributed by atoms with Crippen molar-refractivity contribution >= 4 is 23.6 Å². The molecule has 1 atom stereocenters. The number of carbonyl (C=O) groups is 2. The molecule has 1 aromatic heterocycles. The number of carbonyl (C=O) groups excluding carboxylic acids is 2. The van der Waals surface area contributed by atoms with Gasteiger partial charge in [0.2, 0.25) is 5.91 Å². The number of aromatic amines is 1. The smallest absolute Gasteiger partial charge is 0.328 e. The van der Waals surface area contributed by atoms with Crippen molar-refractivity contribution in [2.45, 2.75) is 31.5 Å². The maximum atomic E-state index is 12.1. The van der Waals surface area contributed by atoms with E-state index in [0.29, 0.717) is 11.6 Å². The van der Waals surface area contributed by atoms with E-state index < -0.39 is 12.0 Å². The molecule has 2 rings (SSSR count). The van der Waals surface area contributed by atoms with Gasteiger partial charge in [-0.05, 0) is 19.4 Å². The number of rotatable bonds is 7. The molecule has 0 fully saturated rings. The number of imidazole rings is 1. The highest BCUT2D eigenvalue weighted by atomic mass is 32.2. The summed E-state index contributed by atoms with van der Waals surface area (Å²) in [6.07, 6.45) is 0.392. The van der Waals surface area contributed by atoms with Crippen molar-refractivity contribution in [3.8, 4) is 0 Å². The number of H-pyrrole nitrogens is 1. The molecule has 6 nitrogen and oxygen atoms in total. The zero-order valence-electron chi connectivity index (χ0n) is 14.0. The Morgan fingerprint density at radius 2 is 2.00 bits per heavy atom. The maximum absolute atomic E-state index is 12.1. The lowest BCUT2D eigenvalue weighted by molar-refractivity contribution is -0.144. The molecule has 0 bridgehead atoms. The van der Waals surface area contributed by atoms with Gasteiger partial charge in [0.25, 0.3) is 0 Å². The van der Waals surface area contributed by atoms with Crippen LogP contribution in [0.5, 0.6) is 0 Å². The molecule has 1 aromatic carbocycles. The Labute approximate surface area is 145 Å². The number of hydrogen-bond acceptors (Lipinski definition) is 5. The van der Waals surface area contributed by atoms with Gasteiger partial charge < -0.3 is 15.0 Å². The van der Waals surface area contributed by atoms with Crippen LogP contribution in [0.4, 0.5) is 0 Å². The summed E-state index contributed by atoms with van der Waals surface area (Å²) in [4.78, 5) is 31.5. The van der Waals surface area contributed by atoms with Gasteiger partial charge in [0, 0.05) is 12.1 Å².